The minimum atomic E-state index is -0.294. The Morgan fingerprint density at radius 3 is 2.00 bits per heavy atom. The maximum Gasteiger partial charge on any atom is 0.227 e. The van der Waals surface area contributed by atoms with Crippen LogP contribution in [0.5, 0.6) is 0 Å². The van der Waals surface area contributed by atoms with Gasteiger partial charge in [0.1, 0.15) is 5.58 Å². The third kappa shape index (κ3) is 4.71. The third-order valence-corrected chi connectivity index (χ3v) is 11.6. The van der Waals surface area contributed by atoms with Crippen molar-refractivity contribution in [3.63, 3.8) is 0 Å². The standard InChI is InChI=1S/C49H38N4O/c1-29(2)49(30(3)4)40-24-12-22-38(42(40)37-25-26-41-43(44(37)49)39-23-13-27-50-48(39)54-41)47-52-45(32-15-6-5-7-16-32)51-46(53-47)34-19-10-18-33(28-34)36-21-11-17-31-14-8-9-20-35(31)36/h5-30H,1-4H3. The van der Waals surface area contributed by atoms with Crippen molar-refractivity contribution < 1.29 is 4.42 Å². The summed E-state index contributed by atoms with van der Waals surface area (Å²) in [5.74, 6) is 2.50. The number of pyridine rings is 1. The van der Waals surface area contributed by atoms with Gasteiger partial charge in [0.25, 0.3) is 0 Å². The molecule has 3 aromatic heterocycles. The minimum Gasteiger partial charge on any atom is -0.438 e. The molecule has 54 heavy (non-hydrogen) atoms. The van der Waals surface area contributed by atoms with E-state index in [2.05, 4.69) is 148 Å². The lowest BCUT2D eigenvalue weighted by Crippen LogP contribution is -2.37. The van der Waals surface area contributed by atoms with Crippen LogP contribution in [-0.2, 0) is 5.41 Å². The van der Waals surface area contributed by atoms with Gasteiger partial charge in [0, 0.05) is 39.1 Å². The molecule has 0 fully saturated rings. The van der Waals surface area contributed by atoms with Crippen molar-refractivity contribution in [1.82, 2.24) is 19.9 Å². The number of nitrogens with zero attached hydrogens (tertiary/aromatic N) is 4. The first-order chi connectivity index (χ1) is 26.4. The number of hydrogen-bond acceptors (Lipinski definition) is 5. The van der Waals surface area contributed by atoms with Gasteiger partial charge in [-0.05, 0) is 80.3 Å². The maximum absolute atomic E-state index is 6.39. The summed E-state index contributed by atoms with van der Waals surface area (Å²) < 4.78 is 6.39. The Morgan fingerprint density at radius 2 is 1.17 bits per heavy atom. The third-order valence-electron chi connectivity index (χ3n) is 11.6. The summed E-state index contributed by atoms with van der Waals surface area (Å²) in [4.78, 5) is 20.4. The minimum absolute atomic E-state index is 0.283. The van der Waals surface area contributed by atoms with Crippen LogP contribution in [0.3, 0.4) is 0 Å². The van der Waals surface area contributed by atoms with E-state index in [1.165, 1.54) is 38.6 Å². The first kappa shape index (κ1) is 32.2. The number of benzene rings is 6. The molecule has 10 rings (SSSR count). The molecule has 0 atom stereocenters. The number of furan rings is 1. The summed E-state index contributed by atoms with van der Waals surface area (Å²) in [6.45, 7) is 9.40. The molecule has 5 nitrogen and oxygen atoms in total. The van der Waals surface area contributed by atoms with E-state index in [0.717, 1.165) is 38.6 Å². The van der Waals surface area contributed by atoms with Crippen molar-refractivity contribution in [1.29, 1.82) is 0 Å². The van der Waals surface area contributed by atoms with Gasteiger partial charge in [-0.2, -0.15) is 0 Å². The zero-order valence-corrected chi connectivity index (χ0v) is 30.7. The molecule has 0 bridgehead atoms. The Balaban J connectivity index is 1.24. The Hall–Kier alpha value is -6.46. The van der Waals surface area contributed by atoms with Crippen LogP contribution in [-0.4, -0.2) is 19.9 Å². The van der Waals surface area contributed by atoms with Crippen LogP contribution in [0.25, 0.3) is 89.3 Å². The lowest BCUT2D eigenvalue weighted by molar-refractivity contribution is 0.282. The van der Waals surface area contributed by atoms with Gasteiger partial charge >= 0.3 is 0 Å². The van der Waals surface area contributed by atoms with E-state index in [1.807, 2.05) is 24.3 Å². The van der Waals surface area contributed by atoms with Gasteiger partial charge in [0.15, 0.2) is 17.5 Å². The molecule has 1 aliphatic carbocycles. The molecule has 3 heterocycles. The van der Waals surface area contributed by atoms with E-state index in [1.54, 1.807) is 6.20 Å². The van der Waals surface area contributed by atoms with E-state index in [0.29, 0.717) is 23.2 Å². The zero-order valence-electron chi connectivity index (χ0n) is 30.7. The van der Waals surface area contributed by atoms with Crippen molar-refractivity contribution >= 4 is 32.8 Å². The van der Waals surface area contributed by atoms with Crippen molar-refractivity contribution in [2.45, 2.75) is 33.1 Å². The summed E-state index contributed by atoms with van der Waals surface area (Å²) >= 11 is 0. The molecular formula is C49H38N4O. The molecule has 260 valence electrons. The normalized spacial score (nSPS) is 13.3. The average molecular weight is 699 g/mol. The first-order valence-electron chi connectivity index (χ1n) is 18.8. The van der Waals surface area contributed by atoms with Crippen molar-refractivity contribution in [3.8, 4) is 56.4 Å². The number of fused-ring (bicyclic) bond motifs is 8. The van der Waals surface area contributed by atoms with Crippen molar-refractivity contribution in [3.05, 3.63) is 157 Å². The molecule has 0 saturated heterocycles. The van der Waals surface area contributed by atoms with Crippen LogP contribution < -0.4 is 0 Å². The van der Waals surface area contributed by atoms with Gasteiger partial charge in [-0.3, -0.25) is 0 Å². The Bertz CT molecular complexity index is 2890. The Morgan fingerprint density at radius 1 is 0.519 bits per heavy atom. The molecule has 0 aliphatic heterocycles. The van der Waals surface area contributed by atoms with Gasteiger partial charge in [-0.25, -0.2) is 19.9 Å². The molecule has 1 aliphatic rings. The highest BCUT2D eigenvalue weighted by molar-refractivity contribution is 6.11. The number of rotatable bonds is 6. The van der Waals surface area contributed by atoms with Gasteiger partial charge in [0.2, 0.25) is 5.71 Å². The molecule has 0 unspecified atom stereocenters. The summed E-state index contributed by atoms with van der Waals surface area (Å²) in [7, 11) is 0. The Kier molecular flexibility index (Phi) is 7.34. The van der Waals surface area contributed by atoms with E-state index in [9.17, 15) is 0 Å². The topological polar surface area (TPSA) is 64.7 Å². The van der Waals surface area contributed by atoms with Gasteiger partial charge in [-0.15, -0.1) is 0 Å². The van der Waals surface area contributed by atoms with Crippen LogP contribution in [0.4, 0.5) is 0 Å². The Labute approximate surface area is 314 Å². The summed E-state index contributed by atoms with van der Waals surface area (Å²) in [5, 5.41) is 4.62. The molecule has 5 heteroatoms. The second-order valence-electron chi connectivity index (χ2n) is 15.0. The van der Waals surface area contributed by atoms with Crippen LogP contribution in [0.1, 0.15) is 38.8 Å². The average Bonchev–Trinajstić information content (AvgIpc) is 3.75. The predicted octanol–water partition coefficient (Wildman–Crippen LogP) is 12.6. The van der Waals surface area contributed by atoms with Crippen LogP contribution in [0.2, 0.25) is 0 Å². The molecule has 0 saturated carbocycles. The predicted molar refractivity (Wildman–Crippen MR) is 220 cm³/mol. The molecule has 9 aromatic rings. The highest BCUT2D eigenvalue weighted by Gasteiger charge is 2.50. The van der Waals surface area contributed by atoms with E-state index >= 15 is 0 Å². The number of aromatic nitrogens is 4. The maximum atomic E-state index is 6.39. The largest absolute Gasteiger partial charge is 0.438 e. The fourth-order valence-corrected chi connectivity index (χ4v) is 9.36. The molecule has 0 spiro atoms. The summed E-state index contributed by atoms with van der Waals surface area (Å²) in [6.07, 6.45) is 1.80. The van der Waals surface area contributed by atoms with E-state index in [-0.39, 0.29) is 17.3 Å². The second kappa shape index (κ2) is 12.3. The molecule has 0 radical (unpaired) electrons. The monoisotopic (exact) mass is 698 g/mol. The SMILES string of the molecule is CC(C)C1(C(C)C)c2cccc(-c3nc(-c4ccccc4)nc(-c4cccc(-c5cccc6ccccc56)c4)n3)c2-c2ccc3oc4ncccc4c3c21. The van der Waals surface area contributed by atoms with Crippen molar-refractivity contribution in [2.24, 2.45) is 11.8 Å². The molecular weight excluding hydrogens is 661 g/mol. The molecule has 0 amide bonds. The first-order valence-corrected chi connectivity index (χ1v) is 18.8. The zero-order chi connectivity index (χ0) is 36.6. The smallest absolute Gasteiger partial charge is 0.227 e. The van der Waals surface area contributed by atoms with Gasteiger partial charge < -0.3 is 4.42 Å². The molecule has 6 aromatic carbocycles. The number of hydrogen-bond donors (Lipinski definition) is 0. The summed E-state index contributed by atoms with van der Waals surface area (Å²) in [5.41, 5.74) is 11.4. The van der Waals surface area contributed by atoms with Crippen LogP contribution in [0, 0.1) is 11.8 Å². The summed E-state index contributed by atoms with van der Waals surface area (Å²) in [6, 6.07) is 49.0. The molecule has 0 N–H and O–H groups in total. The highest BCUT2D eigenvalue weighted by Crippen LogP contribution is 2.61. The second-order valence-corrected chi connectivity index (χ2v) is 15.0. The lowest BCUT2D eigenvalue weighted by atomic mass is 9.62. The quantitative estimate of drug-likeness (QED) is 0.173. The highest BCUT2D eigenvalue weighted by atomic mass is 16.3. The van der Waals surface area contributed by atoms with E-state index in [4.69, 9.17) is 19.4 Å². The van der Waals surface area contributed by atoms with Crippen LogP contribution in [0.15, 0.2) is 150 Å². The van der Waals surface area contributed by atoms with Crippen molar-refractivity contribution in [2.75, 3.05) is 0 Å². The van der Waals surface area contributed by atoms with E-state index < -0.39 is 0 Å². The van der Waals surface area contributed by atoms with Gasteiger partial charge in [0.05, 0.1) is 0 Å². The van der Waals surface area contributed by atoms with Crippen LogP contribution >= 0.6 is 0 Å². The lowest BCUT2D eigenvalue weighted by Gasteiger charge is -2.40. The van der Waals surface area contributed by atoms with Gasteiger partial charge in [-0.1, -0.05) is 143 Å². The fourth-order valence-electron chi connectivity index (χ4n) is 9.36. The fraction of sp³-hybridized carbons (Fsp3) is 0.143.